The molecule has 2 atom stereocenters. The summed E-state index contributed by atoms with van der Waals surface area (Å²) >= 11 is 0. The van der Waals surface area contributed by atoms with E-state index in [-0.39, 0.29) is 23.3 Å². The number of nitrogens with zero attached hydrogens (tertiary/aromatic N) is 2. The fraction of sp³-hybridized carbons (Fsp3) is 0.867. The summed E-state index contributed by atoms with van der Waals surface area (Å²) in [4.78, 5) is 9.33. The number of hydrogen-bond acceptors (Lipinski definition) is 4. The van der Waals surface area contributed by atoms with Crippen LogP contribution in [0.3, 0.4) is 0 Å². The van der Waals surface area contributed by atoms with Crippen molar-refractivity contribution in [1.29, 1.82) is 0 Å². The standard InChI is InChI=1S/C15H26N2O2/c1-9-14(5,6)18-11(16-9)13(3,4)12-17-10(2)15(7,8)19-12/h9-10H,1-8H3. The normalized spacial score (nSPS) is 32.4. The minimum Gasteiger partial charge on any atom is -0.472 e. The van der Waals surface area contributed by atoms with Crippen molar-refractivity contribution >= 4 is 11.8 Å². The maximum atomic E-state index is 6.03. The van der Waals surface area contributed by atoms with Crippen LogP contribution in [0.2, 0.25) is 0 Å². The zero-order valence-corrected chi connectivity index (χ0v) is 13.4. The highest BCUT2D eigenvalue weighted by Gasteiger charge is 2.48. The fourth-order valence-corrected chi connectivity index (χ4v) is 2.05. The van der Waals surface area contributed by atoms with Gasteiger partial charge in [0, 0.05) is 0 Å². The van der Waals surface area contributed by atoms with Gasteiger partial charge in [0.05, 0.1) is 12.1 Å². The molecule has 0 saturated heterocycles. The molecular formula is C15H26N2O2. The molecule has 0 radical (unpaired) electrons. The van der Waals surface area contributed by atoms with E-state index in [1.807, 2.05) is 0 Å². The largest absolute Gasteiger partial charge is 0.472 e. The lowest BCUT2D eigenvalue weighted by Crippen LogP contribution is -2.40. The van der Waals surface area contributed by atoms with Crippen molar-refractivity contribution < 1.29 is 9.47 Å². The lowest BCUT2D eigenvalue weighted by atomic mass is 9.93. The minimum atomic E-state index is -0.413. The molecule has 4 heteroatoms. The molecule has 0 amide bonds. The molecule has 2 heterocycles. The highest BCUT2D eigenvalue weighted by Crippen LogP contribution is 2.38. The van der Waals surface area contributed by atoms with Crippen LogP contribution in [0.4, 0.5) is 0 Å². The molecule has 0 aromatic carbocycles. The van der Waals surface area contributed by atoms with Gasteiger partial charge >= 0.3 is 0 Å². The van der Waals surface area contributed by atoms with Gasteiger partial charge in [0.15, 0.2) is 11.8 Å². The van der Waals surface area contributed by atoms with Crippen LogP contribution in [0.15, 0.2) is 9.98 Å². The molecule has 0 fully saturated rings. The lowest BCUT2D eigenvalue weighted by molar-refractivity contribution is 0.0781. The lowest BCUT2D eigenvalue weighted by Gasteiger charge is -2.30. The van der Waals surface area contributed by atoms with Crippen molar-refractivity contribution in [3.8, 4) is 0 Å². The highest BCUT2D eigenvalue weighted by atomic mass is 16.5. The second kappa shape index (κ2) is 3.97. The quantitative estimate of drug-likeness (QED) is 0.770. The van der Waals surface area contributed by atoms with Crippen LogP contribution in [-0.4, -0.2) is 35.1 Å². The summed E-state index contributed by atoms with van der Waals surface area (Å²) in [5, 5.41) is 0. The monoisotopic (exact) mass is 266 g/mol. The van der Waals surface area contributed by atoms with Gasteiger partial charge in [-0.25, -0.2) is 9.98 Å². The van der Waals surface area contributed by atoms with E-state index in [0.717, 1.165) is 11.8 Å². The third-order valence-corrected chi connectivity index (χ3v) is 4.42. The predicted molar refractivity (Wildman–Crippen MR) is 77.9 cm³/mol. The predicted octanol–water partition coefficient (Wildman–Crippen LogP) is 3.20. The average molecular weight is 266 g/mol. The van der Waals surface area contributed by atoms with E-state index in [1.165, 1.54) is 0 Å². The van der Waals surface area contributed by atoms with E-state index in [1.54, 1.807) is 0 Å². The van der Waals surface area contributed by atoms with Gasteiger partial charge in [0.1, 0.15) is 16.6 Å². The van der Waals surface area contributed by atoms with Crippen molar-refractivity contribution in [1.82, 2.24) is 0 Å². The molecule has 4 nitrogen and oxygen atoms in total. The Balaban J connectivity index is 2.26. The smallest absolute Gasteiger partial charge is 0.199 e. The highest BCUT2D eigenvalue weighted by molar-refractivity contribution is 6.05. The minimum absolute atomic E-state index is 0.147. The first-order chi connectivity index (χ1) is 8.47. The molecule has 0 bridgehead atoms. The molecule has 0 spiro atoms. The Morgan fingerprint density at radius 3 is 1.37 bits per heavy atom. The molecule has 2 aliphatic rings. The second-order valence-electron chi connectivity index (χ2n) is 7.26. The first-order valence-electron chi connectivity index (χ1n) is 7.01. The summed E-state index contributed by atoms with van der Waals surface area (Å²) in [6, 6.07) is 0.295. The maximum absolute atomic E-state index is 6.03. The van der Waals surface area contributed by atoms with Gasteiger partial charge in [-0.2, -0.15) is 0 Å². The third-order valence-electron chi connectivity index (χ3n) is 4.42. The summed E-state index contributed by atoms with van der Waals surface area (Å²) in [6.07, 6.45) is 0. The van der Waals surface area contributed by atoms with Crippen molar-refractivity contribution in [2.24, 2.45) is 15.4 Å². The van der Waals surface area contributed by atoms with Gasteiger partial charge in [-0.1, -0.05) is 0 Å². The van der Waals surface area contributed by atoms with Crippen LogP contribution in [-0.2, 0) is 9.47 Å². The van der Waals surface area contributed by atoms with Crippen LogP contribution in [0.25, 0.3) is 0 Å². The number of aliphatic imine (C=N–C) groups is 2. The van der Waals surface area contributed by atoms with Crippen molar-refractivity contribution in [2.75, 3.05) is 0 Å². The van der Waals surface area contributed by atoms with Crippen LogP contribution in [0.1, 0.15) is 55.4 Å². The number of hydrogen-bond donors (Lipinski definition) is 0. The Labute approximate surface area is 116 Å². The van der Waals surface area contributed by atoms with Gasteiger partial charge in [-0.05, 0) is 55.4 Å². The number of ether oxygens (including phenoxy) is 2. The second-order valence-corrected chi connectivity index (χ2v) is 7.26. The summed E-state index contributed by atoms with van der Waals surface area (Å²) in [6.45, 7) is 16.5. The van der Waals surface area contributed by atoms with E-state index in [0.29, 0.717) is 0 Å². The molecular weight excluding hydrogens is 240 g/mol. The zero-order chi connectivity index (χ0) is 14.6. The molecule has 2 unspecified atom stereocenters. The number of rotatable bonds is 2. The Morgan fingerprint density at radius 2 is 1.16 bits per heavy atom. The summed E-state index contributed by atoms with van der Waals surface area (Å²) < 4.78 is 12.1. The van der Waals surface area contributed by atoms with E-state index in [4.69, 9.17) is 9.47 Å². The molecule has 0 saturated carbocycles. The molecule has 0 aromatic rings. The Morgan fingerprint density at radius 1 is 0.842 bits per heavy atom. The Hall–Kier alpha value is -1.06. The Kier molecular flexibility index (Phi) is 3.00. The zero-order valence-electron chi connectivity index (χ0n) is 13.4. The van der Waals surface area contributed by atoms with Gasteiger partial charge < -0.3 is 9.47 Å². The summed E-state index contributed by atoms with van der Waals surface area (Å²) in [7, 11) is 0. The molecule has 0 N–H and O–H groups in total. The molecule has 0 aliphatic carbocycles. The van der Waals surface area contributed by atoms with Crippen LogP contribution >= 0.6 is 0 Å². The van der Waals surface area contributed by atoms with Crippen molar-refractivity contribution in [3.63, 3.8) is 0 Å². The first-order valence-corrected chi connectivity index (χ1v) is 7.01. The molecule has 108 valence electrons. The molecule has 19 heavy (non-hydrogen) atoms. The third kappa shape index (κ3) is 2.26. The topological polar surface area (TPSA) is 43.2 Å². The van der Waals surface area contributed by atoms with Crippen LogP contribution < -0.4 is 0 Å². The van der Waals surface area contributed by atoms with Crippen LogP contribution in [0, 0.1) is 5.41 Å². The van der Waals surface area contributed by atoms with Gasteiger partial charge in [-0.3, -0.25) is 0 Å². The Bertz CT molecular complexity index is 407. The molecule has 0 aromatic heterocycles. The van der Waals surface area contributed by atoms with E-state index in [2.05, 4.69) is 65.4 Å². The average Bonchev–Trinajstić information content (AvgIpc) is 2.67. The van der Waals surface area contributed by atoms with Gasteiger partial charge in [0.2, 0.25) is 0 Å². The van der Waals surface area contributed by atoms with Gasteiger partial charge in [0.25, 0.3) is 0 Å². The van der Waals surface area contributed by atoms with E-state index >= 15 is 0 Å². The maximum Gasteiger partial charge on any atom is 0.199 e. The fourth-order valence-electron chi connectivity index (χ4n) is 2.05. The summed E-state index contributed by atoms with van der Waals surface area (Å²) in [5.74, 6) is 1.46. The first kappa shape index (κ1) is 14.4. The van der Waals surface area contributed by atoms with E-state index < -0.39 is 5.41 Å². The van der Waals surface area contributed by atoms with Gasteiger partial charge in [-0.15, -0.1) is 0 Å². The molecule has 2 aliphatic heterocycles. The SMILES string of the molecule is CC1N=C(C(C)(C)C2=NC(C)C(C)(C)O2)OC1(C)C. The van der Waals surface area contributed by atoms with Crippen molar-refractivity contribution in [3.05, 3.63) is 0 Å². The molecule has 2 rings (SSSR count). The summed E-state index contributed by atoms with van der Waals surface area (Å²) in [5.41, 5.74) is -0.927. The van der Waals surface area contributed by atoms with E-state index in [9.17, 15) is 0 Å². The van der Waals surface area contributed by atoms with Crippen molar-refractivity contribution in [2.45, 2.75) is 78.7 Å². The van der Waals surface area contributed by atoms with Crippen LogP contribution in [0.5, 0.6) is 0 Å².